The van der Waals surface area contributed by atoms with Crippen LogP contribution in [0.5, 0.6) is 0 Å². The molecule has 2 atom stereocenters. The van der Waals surface area contributed by atoms with E-state index in [4.69, 9.17) is 4.42 Å². The number of nitrogens with zero attached hydrogens (tertiary/aromatic N) is 2. The van der Waals surface area contributed by atoms with Gasteiger partial charge in [-0.25, -0.2) is 0 Å². The number of aromatic nitrogens is 2. The molecule has 1 saturated heterocycles. The molecule has 20 heavy (non-hydrogen) atoms. The molecule has 0 radical (unpaired) electrons. The molecule has 0 aliphatic carbocycles. The Morgan fingerprint density at radius 2 is 2.40 bits per heavy atom. The molecule has 6 heteroatoms. The van der Waals surface area contributed by atoms with Crippen molar-refractivity contribution in [3.05, 3.63) is 30.2 Å². The van der Waals surface area contributed by atoms with Gasteiger partial charge in [0.05, 0.1) is 6.54 Å². The molecule has 0 aromatic carbocycles. The first-order valence-electron chi connectivity index (χ1n) is 6.86. The summed E-state index contributed by atoms with van der Waals surface area (Å²) in [5.74, 6) is 3.80. The highest BCUT2D eigenvalue weighted by Crippen LogP contribution is 2.21. The van der Waals surface area contributed by atoms with Gasteiger partial charge in [0, 0.05) is 41.6 Å². The largest absolute Gasteiger partial charge is 0.458 e. The van der Waals surface area contributed by atoms with Crippen LogP contribution in [0.1, 0.15) is 12.7 Å². The van der Waals surface area contributed by atoms with Gasteiger partial charge in [-0.2, -0.15) is 5.10 Å². The second-order valence-electron chi connectivity index (χ2n) is 5.39. The smallest absolute Gasteiger partial charge is 0.152 e. The first-order valence-corrected chi connectivity index (χ1v) is 8.35. The third-order valence-corrected chi connectivity index (χ3v) is 5.06. The molecule has 3 heterocycles. The summed E-state index contributed by atoms with van der Waals surface area (Å²) in [4.78, 5) is 2.32. The van der Waals surface area contributed by atoms with Crippen LogP contribution in [0.25, 0.3) is 11.5 Å². The third kappa shape index (κ3) is 3.19. The average molecular weight is 293 g/mol. The second-order valence-corrected chi connectivity index (χ2v) is 7.01. The van der Waals surface area contributed by atoms with E-state index in [0.29, 0.717) is 5.92 Å². The monoisotopic (exact) mass is 293 g/mol. The van der Waals surface area contributed by atoms with Crippen molar-refractivity contribution in [2.75, 3.05) is 24.6 Å². The Balaban J connectivity index is 1.67. The summed E-state index contributed by atoms with van der Waals surface area (Å²) in [6, 6.07) is 5.85. The molecule has 1 fully saturated rings. The van der Waals surface area contributed by atoms with Crippen molar-refractivity contribution in [2.45, 2.75) is 13.5 Å². The fourth-order valence-electron chi connectivity index (χ4n) is 2.58. The quantitative estimate of drug-likeness (QED) is 0.938. The Labute approximate surface area is 120 Å². The maximum atomic E-state index is 11.7. The van der Waals surface area contributed by atoms with Crippen LogP contribution >= 0.6 is 0 Å². The van der Waals surface area contributed by atoms with Gasteiger partial charge >= 0.3 is 0 Å². The van der Waals surface area contributed by atoms with Crippen molar-refractivity contribution < 1.29 is 8.63 Å². The number of aromatic amines is 1. The Kier molecular flexibility index (Phi) is 4.03. The molecule has 108 valence electrons. The molecule has 1 N–H and O–H groups in total. The van der Waals surface area contributed by atoms with Gasteiger partial charge in [-0.3, -0.25) is 14.2 Å². The zero-order chi connectivity index (χ0) is 13.9. The molecule has 0 saturated carbocycles. The molecule has 1 aliphatic rings. The number of nitrogens with one attached hydrogen (secondary N) is 1. The highest BCUT2D eigenvalue weighted by atomic mass is 32.2. The molecule has 0 amide bonds. The van der Waals surface area contributed by atoms with Crippen LogP contribution in [0.4, 0.5) is 0 Å². The summed E-state index contributed by atoms with van der Waals surface area (Å²) in [6.07, 6.45) is 1.71. The van der Waals surface area contributed by atoms with Gasteiger partial charge in [-0.05, 0) is 24.1 Å². The molecular formula is C14H19N3O2S. The lowest BCUT2D eigenvalue weighted by Crippen LogP contribution is -2.28. The van der Waals surface area contributed by atoms with E-state index in [1.165, 1.54) is 0 Å². The van der Waals surface area contributed by atoms with E-state index < -0.39 is 10.8 Å². The zero-order valence-electron chi connectivity index (χ0n) is 11.5. The number of hydrogen-bond acceptors (Lipinski definition) is 4. The van der Waals surface area contributed by atoms with E-state index >= 15 is 0 Å². The fraction of sp³-hybridized carbons (Fsp3) is 0.500. The van der Waals surface area contributed by atoms with Gasteiger partial charge in [0.25, 0.3) is 0 Å². The van der Waals surface area contributed by atoms with Crippen molar-refractivity contribution in [1.82, 2.24) is 15.1 Å². The predicted octanol–water partition coefficient (Wildman–Crippen LogP) is 1.87. The lowest BCUT2D eigenvalue weighted by molar-refractivity contribution is 0.237. The first kappa shape index (κ1) is 13.6. The third-order valence-electron chi connectivity index (χ3n) is 3.48. The maximum Gasteiger partial charge on any atom is 0.152 e. The molecule has 3 rings (SSSR count). The molecule has 2 aromatic rings. The van der Waals surface area contributed by atoms with Gasteiger partial charge in [-0.1, -0.05) is 6.92 Å². The minimum Gasteiger partial charge on any atom is -0.458 e. The van der Waals surface area contributed by atoms with E-state index in [2.05, 4.69) is 22.0 Å². The SMILES string of the molecule is CC1CN(Cc2ccc(-c3ccn[nH]3)o2)CCS(=O)C1. The number of rotatable bonds is 3. The van der Waals surface area contributed by atoms with E-state index in [1.54, 1.807) is 6.20 Å². The minimum absolute atomic E-state index is 0.473. The first-order chi connectivity index (χ1) is 9.70. The van der Waals surface area contributed by atoms with Crippen LogP contribution in [0.2, 0.25) is 0 Å². The minimum atomic E-state index is -0.671. The summed E-state index contributed by atoms with van der Waals surface area (Å²) >= 11 is 0. The highest BCUT2D eigenvalue weighted by Gasteiger charge is 2.19. The molecular weight excluding hydrogens is 274 g/mol. The van der Waals surface area contributed by atoms with Gasteiger partial charge in [0.2, 0.25) is 0 Å². The van der Waals surface area contributed by atoms with Crippen molar-refractivity contribution in [3.8, 4) is 11.5 Å². The van der Waals surface area contributed by atoms with Crippen LogP contribution < -0.4 is 0 Å². The summed E-state index contributed by atoms with van der Waals surface area (Å²) < 4.78 is 17.5. The lowest BCUT2D eigenvalue weighted by atomic mass is 10.2. The molecule has 0 bridgehead atoms. The Hall–Kier alpha value is -1.40. The van der Waals surface area contributed by atoms with Gasteiger partial charge in [0.15, 0.2) is 5.76 Å². The van der Waals surface area contributed by atoms with Crippen LogP contribution in [0.15, 0.2) is 28.8 Å². The number of hydrogen-bond donors (Lipinski definition) is 1. The number of furan rings is 1. The summed E-state index contributed by atoms with van der Waals surface area (Å²) in [6.45, 7) is 4.78. The van der Waals surface area contributed by atoms with Gasteiger partial charge in [-0.15, -0.1) is 0 Å². The fourth-order valence-corrected chi connectivity index (χ4v) is 3.95. The van der Waals surface area contributed by atoms with E-state index in [9.17, 15) is 4.21 Å². The predicted molar refractivity (Wildman–Crippen MR) is 78.6 cm³/mol. The number of H-pyrrole nitrogens is 1. The zero-order valence-corrected chi connectivity index (χ0v) is 12.4. The molecule has 0 spiro atoms. The van der Waals surface area contributed by atoms with Crippen molar-refractivity contribution in [3.63, 3.8) is 0 Å². The standard InChI is InChI=1S/C14H19N3O2S/c1-11-8-17(6-7-20(18)10-11)9-12-2-3-14(19-12)13-4-5-15-16-13/h2-5,11H,6-10H2,1H3,(H,15,16). The second kappa shape index (κ2) is 5.93. The maximum absolute atomic E-state index is 11.7. The van der Waals surface area contributed by atoms with Crippen molar-refractivity contribution in [2.24, 2.45) is 5.92 Å². The van der Waals surface area contributed by atoms with E-state index in [0.717, 1.165) is 48.4 Å². The Morgan fingerprint density at radius 1 is 1.50 bits per heavy atom. The molecule has 5 nitrogen and oxygen atoms in total. The van der Waals surface area contributed by atoms with Gasteiger partial charge < -0.3 is 4.42 Å². The normalized spacial score (nSPS) is 24.6. The Bertz CT molecular complexity index is 579. The lowest BCUT2D eigenvalue weighted by Gasteiger charge is -2.20. The average Bonchev–Trinajstić information content (AvgIpc) is 3.03. The summed E-state index contributed by atoms with van der Waals surface area (Å²) in [7, 11) is -0.671. The van der Waals surface area contributed by atoms with E-state index in [-0.39, 0.29) is 0 Å². The molecule has 2 aromatic heterocycles. The van der Waals surface area contributed by atoms with E-state index in [1.807, 2.05) is 18.2 Å². The summed E-state index contributed by atoms with van der Waals surface area (Å²) in [5, 5.41) is 6.82. The van der Waals surface area contributed by atoms with Crippen LogP contribution in [-0.2, 0) is 17.3 Å². The van der Waals surface area contributed by atoms with Crippen LogP contribution in [0.3, 0.4) is 0 Å². The molecule has 2 unspecified atom stereocenters. The highest BCUT2D eigenvalue weighted by molar-refractivity contribution is 7.85. The van der Waals surface area contributed by atoms with Crippen LogP contribution in [-0.4, -0.2) is 43.9 Å². The topological polar surface area (TPSA) is 62.1 Å². The van der Waals surface area contributed by atoms with Crippen LogP contribution in [0, 0.1) is 5.92 Å². The van der Waals surface area contributed by atoms with Crippen molar-refractivity contribution >= 4 is 10.8 Å². The van der Waals surface area contributed by atoms with Crippen molar-refractivity contribution in [1.29, 1.82) is 0 Å². The Morgan fingerprint density at radius 3 is 3.20 bits per heavy atom. The summed E-state index contributed by atoms with van der Waals surface area (Å²) in [5.41, 5.74) is 0.890. The molecule has 1 aliphatic heterocycles. The van der Waals surface area contributed by atoms with Gasteiger partial charge in [0.1, 0.15) is 11.5 Å².